The molecule has 0 fully saturated rings. The summed E-state index contributed by atoms with van der Waals surface area (Å²) in [5.74, 6) is -0.397. The highest BCUT2D eigenvalue weighted by molar-refractivity contribution is 5.93. The van der Waals surface area contributed by atoms with Crippen LogP contribution in [0.5, 0.6) is 6.01 Å². The van der Waals surface area contributed by atoms with E-state index in [0.29, 0.717) is 23.9 Å². The van der Waals surface area contributed by atoms with Crippen molar-refractivity contribution in [1.82, 2.24) is 24.3 Å². The van der Waals surface area contributed by atoms with Crippen molar-refractivity contribution in [2.24, 2.45) is 0 Å². The summed E-state index contributed by atoms with van der Waals surface area (Å²) in [6, 6.07) is 3.99. The standard InChI is InChI=1S/C15H12FN5O/c1-2-22-15-19-6-11-10(5-18-14(11)20-15)9-3-4-13-17-7-12(16)21(13)8-9/h3-8H,2H2,1H3,(H,18,19,20). The highest BCUT2D eigenvalue weighted by atomic mass is 19.1. The van der Waals surface area contributed by atoms with E-state index in [1.165, 1.54) is 10.6 Å². The number of nitrogens with one attached hydrogen (secondary N) is 1. The highest BCUT2D eigenvalue weighted by Crippen LogP contribution is 2.28. The molecule has 22 heavy (non-hydrogen) atoms. The Morgan fingerprint density at radius 2 is 2.18 bits per heavy atom. The van der Waals surface area contributed by atoms with Crippen LogP contribution in [-0.2, 0) is 0 Å². The Hall–Kier alpha value is -2.96. The van der Waals surface area contributed by atoms with Gasteiger partial charge in [-0.05, 0) is 19.1 Å². The molecule has 4 aromatic rings. The average molecular weight is 297 g/mol. The number of nitrogens with zero attached hydrogens (tertiary/aromatic N) is 4. The number of hydrogen-bond donors (Lipinski definition) is 1. The van der Waals surface area contributed by atoms with Gasteiger partial charge in [0.15, 0.2) is 0 Å². The molecule has 0 aliphatic rings. The Morgan fingerprint density at radius 1 is 1.27 bits per heavy atom. The van der Waals surface area contributed by atoms with Crippen LogP contribution in [0.25, 0.3) is 27.8 Å². The van der Waals surface area contributed by atoms with Gasteiger partial charge in [-0.25, -0.2) is 9.97 Å². The molecule has 6 nitrogen and oxygen atoms in total. The highest BCUT2D eigenvalue weighted by Gasteiger charge is 2.11. The van der Waals surface area contributed by atoms with Crippen molar-refractivity contribution in [1.29, 1.82) is 0 Å². The molecule has 0 spiro atoms. The van der Waals surface area contributed by atoms with Gasteiger partial charge < -0.3 is 9.72 Å². The Labute approximate surface area is 124 Å². The molecule has 0 aromatic carbocycles. The van der Waals surface area contributed by atoms with Crippen LogP contribution in [-0.4, -0.2) is 30.9 Å². The predicted molar refractivity (Wildman–Crippen MR) is 79.2 cm³/mol. The van der Waals surface area contributed by atoms with Gasteiger partial charge in [0.2, 0.25) is 5.95 Å². The number of hydrogen-bond acceptors (Lipinski definition) is 4. The maximum absolute atomic E-state index is 13.7. The van der Waals surface area contributed by atoms with Crippen LogP contribution >= 0.6 is 0 Å². The van der Waals surface area contributed by atoms with Gasteiger partial charge in [0.1, 0.15) is 11.3 Å². The van der Waals surface area contributed by atoms with Gasteiger partial charge in [-0.15, -0.1) is 0 Å². The maximum atomic E-state index is 13.7. The van der Waals surface area contributed by atoms with Gasteiger partial charge in [-0.2, -0.15) is 9.37 Å². The fourth-order valence-corrected chi connectivity index (χ4v) is 2.44. The fourth-order valence-electron chi connectivity index (χ4n) is 2.44. The van der Waals surface area contributed by atoms with Crippen molar-refractivity contribution in [3.63, 3.8) is 0 Å². The summed E-state index contributed by atoms with van der Waals surface area (Å²) in [4.78, 5) is 15.5. The zero-order valence-corrected chi connectivity index (χ0v) is 11.7. The quantitative estimate of drug-likeness (QED) is 0.631. The van der Waals surface area contributed by atoms with Crippen LogP contribution in [0.1, 0.15) is 6.92 Å². The van der Waals surface area contributed by atoms with Gasteiger partial charge >= 0.3 is 6.01 Å². The van der Waals surface area contributed by atoms with E-state index in [2.05, 4.69) is 19.9 Å². The number of aromatic amines is 1. The zero-order valence-electron chi connectivity index (χ0n) is 11.7. The molecule has 0 radical (unpaired) electrons. The molecule has 0 unspecified atom stereocenters. The molecular formula is C15H12FN5O. The normalized spacial score (nSPS) is 11.4. The Balaban J connectivity index is 1.86. The second kappa shape index (κ2) is 4.80. The molecule has 1 N–H and O–H groups in total. The number of pyridine rings is 1. The number of ether oxygens (including phenoxy) is 1. The first kappa shape index (κ1) is 12.8. The second-order valence-corrected chi connectivity index (χ2v) is 4.78. The minimum absolute atomic E-state index is 0.333. The van der Waals surface area contributed by atoms with Crippen molar-refractivity contribution in [3.8, 4) is 17.1 Å². The first-order valence-electron chi connectivity index (χ1n) is 6.86. The zero-order chi connectivity index (χ0) is 15.1. The number of imidazole rings is 1. The summed E-state index contributed by atoms with van der Waals surface area (Å²) in [7, 11) is 0. The molecule has 0 aliphatic carbocycles. The number of rotatable bonds is 3. The molecule has 0 aliphatic heterocycles. The third-order valence-electron chi connectivity index (χ3n) is 3.45. The largest absolute Gasteiger partial charge is 0.464 e. The average Bonchev–Trinajstić information content (AvgIpc) is 3.11. The molecule has 4 rings (SSSR count). The van der Waals surface area contributed by atoms with E-state index in [1.807, 2.05) is 19.2 Å². The first-order chi connectivity index (χ1) is 10.8. The molecule has 0 saturated carbocycles. The van der Waals surface area contributed by atoms with E-state index in [4.69, 9.17) is 4.74 Å². The number of halogens is 1. The molecule has 0 saturated heterocycles. The predicted octanol–water partition coefficient (Wildman–Crippen LogP) is 2.81. The smallest absolute Gasteiger partial charge is 0.318 e. The van der Waals surface area contributed by atoms with Gasteiger partial charge in [0.25, 0.3) is 0 Å². The fraction of sp³-hybridized carbons (Fsp3) is 0.133. The maximum Gasteiger partial charge on any atom is 0.318 e. The third-order valence-corrected chi connectivity index (χ3v) is 3.45. The number of fused-ring (bicyclic) bond motifs is 2. The van der Waals surface area contributed by atoms with Crippen molar-refractivity contribution in [2.75, 3.05) is 6.61 Å². The summed E-state index contributed by atoms with van der Waals surface area (Å²) in [5, 5.41) is 0.850. The van der Waals surface area contributed by atoms with E-state index in [-0.39, 0.29) is 0 Å². The summed E-state index contributed by atoms with van der Waals surface area (Å²) in [5.41, 5.74) is 2.99. The lowest BCUT2D eigenvalue weighted by atomic mass is 10.1. The van der Waals surface area contributed by atoms with Crippen LogP contribution in [0.3, 0.4) is 0 Å². The van der Waals surface area contributed by atoms with Crippen molar-refractivity contribution in [3.05, 3.63) is 42.9 Å². The summed E-state index contributed by atoms with van der Waals surface area (Å²) >= 11 is 0. The summed E-state index contributed by atoms with van der Waals surface area (Å²) in [6.45, 7) is 2.39. The molecule has 7 heteroatoms. The van der Waals surface area contributed by atoms with Crippen molar-refractivity contribution >= 4 is 16.7 Å². The van der Waals surface area contributed by atoms with Crippen LogP contribution in [0.15, 0.2) is 36.9 Å². The van der Waals surface area contributed by atoms with Gasteiger partial charge in [-0.3, -0.25) is 4.40 Å². The van der Waals surface area contributed by atoms with Gasteiger partial charge in [-0.1, -0.05) is 0 Å². The molecule has 4 heterocycles. The molecule has 0 atom stereocenters. The van der Waals surface area contributed by atoms with Crippen LogP contribution in [0.2, 0.25) is 0 Å². The minimum Gasteiger partial charge on any atom is -0.464 e. The minimum atomic E-state index is -0.397. The molecule has 110 valence electrons. The summed E-state index contributed by atoms with van der Waals surface area (Å²) in [6.07, 6.45) is 6.43. The second-order valence-electron chi connectivity index (χ2n) is 4.78. The SMILES string of the molecule is CCOc1ncc2c(-c3ccc4ncc(F)n4c3)c[nH]c2n1. The first-order valence-corrected chi connectivity index (χ1v) is 6.86. The van der Waals surface area contributed by atoms with Crippen molar-refractivity contribution < 1.29 is 9.13 Å². The van der Waals surface area contributed by atoms with E-state index in [9.17, 15) is 4.39 Å². The lowest BCUT2D eigenvalue weighted by Crippen LogP contribution is -1.96. The van der Waals surface area contributed by atoms with Gasteiger partial charge in [0, 0.05) is 35.1 Å². The lowest BCUT2D eigenvalue weighted by Gasteiger charge is -2.02. The topological polar surface area (TPSA) is 68.1 Å². The van der Waals surface area contributed by atoms with E-state index in [0.717, 1.165) is 16.5 Å². The number of H-pyrrole nitrogens is 1. The molecule has 0 amide bonds. The van der Waals surface area contributed by atoms with Crippen LogP contribution in [0, 0.1) is 5.95 Å². The molecule has 0 bridgehead atoms. The summed E-state index contributed by atoms with van der Waals surface area (Å²) < 4.78 is 20.4. The van der Waals surface area contributed by atoms with Crippen LogP contribution in [0.4, 0.5) is 4.39 Å². The Bertz CT molecular complexity index is 975. The molecular weight excluding hydrogens is 285 g/mol. The Morgan fingerprint density at radius 3 is 3.05 bits per heavy atom. The van der Waals surface area contributed by atoms with Crippen molar-refractivity contribution in [2.45, 2.75) is 6.92 Å². The van der Waals surface area contributed by atoms with E-state index in [1.54, 1.807) is 18.5 Å². The lowest BCUT2D eigenvalue weighted by molar-refractivity contribution is 0.314. The van der Waals surface area contributed by atoms with Gasteiger partial charge in [0.05, 0.1) is 12.8 Å². The molecule has 4 aromatic heterocycles. The van der Waals surface area contributed by atoms with E-state index < -0.39 is 5.95 Å². The number of aromatic nitrogens is 5. The van der Waals surface area contributed by atoms with E-state index >= 15 is 0 Å². The monoisotopic (exact) mass is 297 g/mol. The van der Waals surface area contributed by atoms with Crippen LogP contribution < -0.4 is 4.74 Å². The third kappa shape index (κ3) is 1.90. The Kier molecular flexibility index (Phi) is 2.78.